The van der Waals surface area contributed by atoms with E-state index in [0.29, 0.717) is 37.3 Å². The monoisotopic (exact) mass is 408 g/mol. The lowest BCUT2D eigenvalue weighted by molar-refractivity contribution is -0.137. The molecule has 7 heteroatoms. The Labute approximate surface area is 173 Å². The highest BCUT2D eigenvalue weighted by molar-refractivity contribution is 5.82. The van der Waals surface area contributed by atoms with Crippen LogP contribution in [0.5, 0.6) is 0 Å². The summed E-state index contributed by atoms with van der Waals surface area (Å²) in [6.07, 6.45) is 12.0. The predicted molar refractivity (Wildman–Crippen MR) is 110 cm³/mol. The summed E-state index contributed by atoms with van der Waals surface area (Å²) >= 11 is 0. The zero-order valence-electron chi connectivity index (χ0n) is 17.5. The fourth-order valence-corrected chi connectivity index (χ4v) is 4.76. The summed E-state index contributed by atoms with van der Waals surface area (Å²) in [4.78, 5) is 34.2. The zero-order valence-corrected chi connectivity index (χ0v) is 17.5. The molecule has 2 aliphatic rings. The Morgan fingerprint density at radius 2 is 1.83 bits per heavy atom. The molecule has 2 aliphatic carbocycles. The molecule has 2 bridgehead atoms. The number of rotatable bonds is 13. The first kappa shape index (κ1) is 23.2. The molecule has 0 radical (unpaired) electrons. The van der Waals surface area contributed by atoms with Gasteiger partial charge in [-0.25, -0.2) is 4.79 Å². The lowest BCUT2D eigenvalue weighted by Crippen LogP contribution is -2.41. The maximum atomic E-state index is 12.1. The molecule has 2 amide bonds. The maximum Gasteiger partial charge on any atom is 0.407 e. The minimum Gasteiger partial charge on any atom is -0.481 e. The molecule has 2 saturated carbocycles. The third kappa shape index (κ3) is 8.07. The van der Waals surface area contributed by atoms with E-state index in [-0.39, 0.29) is 18.9 Å². The summed E-state index contributed by atoms with van der Waals surface area (Å²) in [5.74, 6) is 1.55. The van der Waals surface area contributed by atoms with Crippen LogP contribution in [0.15, 0.2) is 12.2 Å². The zero-order chi connectivity index (χ0) is 21.1. The van der Waals surface area contributed by atoms with E-state index in [4.69, 9.17) is 9.84 Å². The summed E-state index contributed by atoms with van der Waals surface area (Å²) in [6.45, 7) is 3.00. The molecule has 0 unspecified atom stereocenters. The van der Waals surface area contributed by atoms with Gasteiger partial charge < -0.3 is 20.5 Å². The first-order valence-corrected chi connectivity index (χ1v) is 11.0. The van der Waals surface area contributed by atoms with Gasteiger partial charge in [0.2, 0.25) is 5.91 Å². The van der Waals surface area contributed by atoms with Crippen molar-refractivity contribution in [1.82, 2.24) is 10.6 Å². The van der Waals surface area contributed by atoms with Crippen LogP contribution in [0.25, 0.3) is 0 Å². The minimum atomic E-state index is -0.744. The SMILES string of the molecule is CCCCOC(=O)NCC(=O)NC[C@@H]1[C@@H]2CC[C@@H](C2)[C@@H]1C/C=C\CCCC(=O)O. The largest absolute Gasteiger partial charge is 0.481 e. The number of nitrogens with one attached hydrogen (secondary N) is 2. The minimum absolute atomic E-state index is 0.0556. The molecule has 2 fully saturated rings. The van der Waals surface area contributed by atoms with E-state index >= 15 is 0 Å². The topological polar surface area (TPSA) is 105 Å². The van der Waals surface area contributed by atoms with Crippen LogP contribution in [-0.2, 0) is 14.3 Å². The normalized spacial score (nSPS) is 25.3. The van der Waals surface area contributed by atoms with E-state index in [2.05, 4.69) is 22.8 Å². The van der Waals surface area contributed by atoms with Crippen molar-refractivity contribution in [3.63, 3.8) is 0 Å². The average Bonchev–Trinajstić information content (AvgIpc) is 3.29. The molecule has 0 spiro atoms. The number of aliphatic carboxylic acids is 1. The van der Waals surface area contributed by atoms with E-state index in [1.165, 1.54) is 19.3 Å². The highest BCUT2D eigenvalue weighted by Gasteiger charge is 2.46. The summed E-state index contributed by atoms with van der Waals surface area (Å²) in [5, 5.41) is 14.2. The second-order valence-corrected chi connectivity index (χ2v) is 8.30. The van der Waals surface area contributed by atoms with Gasteiger partial charge in [-0.1, -0.05) is 25.5 Å². The highest BCUT2D eigenvalue weighted by atomic mass is 16.5. The number of ether oxygens (including phenoxy) is 1. The number of alkyl carbamates (subject to hydrolysis) is 1. The van der Waals surface area contributed by atoms with E-state index in [9.17, 15) is 14.4 Å². The van der Waals surface area contributed by atoms with E-state index in [0.717, 1.165) is 31.6 Å². The summed E-state index contributed by atoms with van der Waals surface area (Å²) < 4.78 is 4.98. The van der Waals surface area contributed by atoms with Crippen molar-refractivity contribution in [2.75, 3.05) is 19.7 Å². The van der Waals surface area contributed by atoms with Crippen molar-refractivity contribution in [3.05, 3.63) is 12.2 Å². The van der Waals surface area contributed by atoms with Gasteiger partial charge in [0.1, 0.15) is 0 Å². The summed E-state index contributed by atoms with van der Waals surface area (Å²) in [5.41, 5.74) is 0. The number of unbranched alkanes of at least 4 members (excludes halogenated alkanes) is 2. The van der Waals surface area contributed by atoms with Gasteiger partial charge in [-0.05, 0) is 68.6 Å². The first-order valence-electron chi connectivity index (χ1n) is 11.0. The van der Waals surface area contributed by atoms with Gasteiger partial charge in [-0.3, -0.25) is 9.59 Å². The smallest absolute Gasteiger partial charge is 0.407 e. The number of amides is 2. The molecule has 0 aromatic carbocycles. The van der Waals surface area contributed by atoms with Gasteiger partial charge in [0.15, 0.2) is 0 Å². The molecule has 164 valence electrons. The number of fused-ring (bicyclic) bond motifs is 2. The van der Waals surface area contributed by atoms with Crippen molar-refractivity contribution in [1.29, 1.82) is 0 Å². The Bertz CT molecular complexity index is 578. The number of carboxylic acids is 1. The number of hydrogen-bond acceptors (Lipinski definition) is 4. The Hall–Kier alpha value is -2.05. The van der Waals surface area contributed by atoms with Crippen molar-refractivity contribution < 1.29 is 24.2 Å². The molecule has 0 aliphatic heterocycles. The van der Waals surface area contributed by atoms with Crippen LogP contribution in [0, 0.1) is 23.7 Å². The molecule has 29 heavy (non-hydrogen) atoms. The number of carboxylic acid groups (broad SMARTS) is 1. The van der Waals surface area contributed by atoms with Gasteiger partial charge in [0, 0.05) is 13.0 Å². The second kappa shape index (κ2) is 12.5. The van der Waals surface area contributed by atoms with Crippen LogP contribution in [0.1, 0.15) is 64.7 Å². The van der Waals surface area contributed by atoms with Crippen LogP contribution in [0.4, 0.5) is 4.79 Å². The highest BCUT2D eigenvalue weighted by Crippen LogP contribution is 2.53. The number of carbonyl (C=O) groups excluding carboxylic acids is 2. The molecule has 0 aromatic rings. The van der Waals surface area contributed by atoms with E-state index < -0.39 is 12.1 Å². The first-order chi connectivity index (χ1) is 14.0. The molecule has 4 atom stereocenters. The second-order valence-electron chi connectivity index (χ2n) is 8.30. The number of carbonyl (C=O) groups is 3. The summed E-state index contributed by atoms with van der Waals surface area (Å²) in [6, 6.07) is 0. The van der Waals surface area contributed by atoms with Crippen molar-refractivity contribution in [2.45, 2.75) is 64.7 Å². The van der Waals surface area contributed by atoms with Crippen LogP contribution in [0.2, 0.25) is 0 Å². The molecular weight excluding hydrogens is 372 g/mol. The lowest BCUT2D eigenvalue weighted by atomic mass is 9.77. The average molecular weight is 409 g/mol. The van der Waals surface area contributed by atoms with Crippen LogP contribution in [0.3, 0.4) is 0 Å². The summed E-state index contributed by atoms with van der Waals surface area (Å²) in [7, 11) is 0. The Kier molecular flexibility index (Phi) is 10.0. The third-order valence-corrected chi connectivity index (χ3v) is 6.27. The van der Waals surface area contributed by atoms with Crippen molar-refractivity contribution in [3.8, 4) is 0 Å². The molecule has 0 heterocycles. The fraction of sp³-hybridized carbons (Fsp3) is 0.773. The standard InChI is InChI=1S/C22H36N2O5/c1-2-3-12-29-22(28)24-15-20(25)23-14-19-17-11-10-16(13-17)18(19)8-6-4-5-7-9-21(26)27/h4,6,16-19H,2-3,5,7-15H2,1H3,(H,23,25)(H,24,28)(H,26,27)/b6-4-/t16-,17+,18-,19+/m0/s1. The van der Waals surface area contributed by atoms with Crippen LogP contribution < -0.4 is 10.6 Å². The Morgan fingerprint density at radius 1 is 1.07 bits per heavy atom. The molecule has 0 saturated heterocycles. The van der Waals surface area contributed by atoms with E-state index in [1.807, 2.05) is 6.92 Å². The van der Waals surface area contributed by atoms with Crippen LogP contribution >= 0.6 is 0 Å². The molecule has 0 aromatic heterocycles. The fourth-order valence-electron chi connectivity index (χ4n) is 4.76. The quantitative estimate of drug-likeness (QED) is 0.320. The van der Waals surface area contributed by atoms with Gasteiger partial charge in [0.05, 0.1) is 13.2 Å². The van der Waals surface area contributed by atoms with Gasteiger partial charge in [0.25, 0.3) is 0 Å². The molecule has 7 nitrogen and oxygen atoms in total. The molecule has 3 N–H and O–H groups in total. The number of allylic oxidation sites excluding steroid dienone is 2. The van der Waals surface area contributed by atoms with E-state index in [1.54, 1.807) is 0 Å². The molecule has 2 rings (SSSR count). The number of hydrogen-bond donors (Lipinski definition) is 3. The predicted octanol–water partition coefficient (Wildman–Crippen LogP) is 3.49. The third-order valence-electron chi connectivity index (χ3n) is 6.27. The van der Waals surface area contributed by atoms with Gasteiger partial charge in [-0.15, -0.1) is 0 Å². The molecular formula is C22H36N2O5. The van der Waals surface area contributed by atoms with Crippen molar-refractivity contribution >= 4 is 18.0 Å². The Balaban J connectivity index is 1.68. The van der Waals surface area contributed by atoms with Crippen molar-refractivity contribution in [2.24, 2.45) is 23.7 Å². The Morgan fingerprint density at radius 3 is 2.55 bits per heavy atom. The lowest BCUT2D eigenvalue weighted by Gasteiger charge is -2.30. The van der Waals surface area contributed by atoms with Crippen LogP contribution in [-0.4, -0.2) is 42.8 Å². The van der Waals surface area contributed by atoms with Gasteiger partial charge in [-0.2, -0.15) is 0 Å². The maximum absolute atomic E-state index is 12.1. The van der Waals surface area contributed by atoms with Gasteiger partial charge >= 0.3 is 12.1 Å².